The summed E-state index contributed by atoms with van der Waals surface area (Å²) in [7, 11) is 0. The normalized spacial score (nSPS) is 13.1. The summed E-state index contributed by atoms with van der Waals surface area (Å²) in [5.41, 5.74) is 1.49. The number of ether oxygens (including phenoxy) is 1. The van der Waals surface area contributed by atoms with Crippen molar-refractivity contribution in [1.82, 2.24) is 5.32 Å². The molecule has 3 N–H and O–H groups in total. The van der Waals surface area contributed by atoms with Gasteiger partial charge in [0.05, 0.1) is 12.1 Å². The average molecular weight is 375 g/mol. The lowest BCUT2D eigenvalue weighted by Gasteiger charge is -2.12. The van der Waals surface area contributed by atoms with Crippen molar-refractivity contribution in [3.05, 3.63) is 54.1 Å². The number of amides is 2. The molecule has 3 rings (SSSR count). The second-order valence-corrected chi connectivity index (χ2v) is 6.10. The Morgan fingerprint density at radius 1 is 1.07 bits per heavy atom. The number of rotatable bonds is 8. The zero-order chi connectivity index (χ0) is 19.2. The first kappa shape index (κ1) is 18.6. The molecule has 0 spiro atoms. The maximum Gasteiger partial charge on any atom is 0.387 e. The van der Waals surface area contributed by atoms with Gasteiger partial charge in [-0.2, -0.15) is 8.78 Å². The molecule has 0 saturated heterocycles. The van der Waals surface area contributed by atoms with Crippen LogP contribution in [0.4, 0.5) is 20.2 Å². The molecular weight excluding hydrogens is 356 g/mol. The van der Waals surface area contributed by atoms with E-state index in [1.54, 1.807) is 24.3 Å². The number of halogens is 2. The van der Waals surface area contributed by atoms with Gasteiger partial charge in [-0.05, 0) is 49.2 Å². The summed E-state index contributed by atoms with van der Waals surface area (Å²) in [6.07, 6.45) is 1.98. The summed E-state index contributed by atoms with van der Waals surface area (Å²) < 4.78 is 28.5. The van der Waals surface area contributed by atoms with Crippen LogP contribution in [-0.4, -0.2) is 31.0 Å². The number of carbonyl (C=O) groups excluding carboxylic acids is 2. The summed E-state index contributed by atoms with van der Waals surface area (Å²) in [6.45, 7) is -2.95. The highest BCUT2D eigenvalue weighted by Crippen LogP contribution is 2.22. The zero-order valence-corrected chi connectivity index (χ0v) is 14.4. The van der Waals surface area contributed by atoms with Gasteiger partial charge in [-0.15, -0.1) is 0 Å². The van der Waals surface area contributed by atoms with Gasteiger partial charge < -0.3 is 20.7 Å². The maximum atomic E-state index is 12.2. The quantitative estimate of drug-likeness (QED) is 0.662. The Balaban J connectivity index is 1.54. The number of hydrogen-bond acceptors (Lipinski definition) is 4. The van der Waals surface area contributed by atoms with E-state index in [0.717, 1.165) is 12.8 Å². The molecule has 2 aromatic rings. The minimum absolute atomic E-state index is 0.0109. The van der Waals surface area contributed by atoms with Crippen LogP contribution < -0.4 is 20.7 Å². The highest BCUT2D eigenvalue weighted by molar-refractivity contribution is 6.01. The molecule has 8 heteroatoms. The van der Waals surface area contributed by atoms with E-state index in [4.69, 9.17) is 0 Å². The predicted molar refractivity (Wildman–Crippen MR) is 97.1 cm³/mol. The molecule has 0 aromatic heterocycles. The van der Waals surface area contributed by atoms with Crippen LogP contribution in [0.5, 0.6) is 5.75 Å². The van der Waals surface area contributed by atoms with Crippen molar-refractivity contribution in [2.24, 2.45) is 0 Å². The topological polar surface area (TPSA) is 79.5 Å². The first-order chi connectivity index (χ1) is 13.0. The van der Waals surface area contributed by atoms with Crippen molar-refractivity contribution >= 4 is 23.2 Å². The smallest absolute Gasteiger partial charge is 0.387 e. The van der Waals surface area contributed by atoms with Gasteiger partial charge in [0, 0.05) is 17.4 Å². The lowest BCUT2D eigenvalue weighted by molar-refractivity contribution is -0.114. The highest BCUT2D eigenvalue weighted by Gasteiger charge is 2.24. The van der Waals surface area contributed by atoms with Crippen LogP contribution in [0.25, 0.3) is 0 Å². The molecule has 0 bridgehead atoms. The van der Waals surface area contributed by atoms with E-state index in [0.29, 0.717) is 16.9 Å². The second-order valence-electron chi connectivity index (χ2n) is 6.10. The van der Waals surface area contributed by atoms with Gasteiger partial charge in [0.15, 0.2) is 0 Å². The molecule has 0 aliphatic heterocycles. The monoisotopic (exact) mass is 375 g/mol. The van der Waals surface area contributed by atoms with E-state index >= 15 is 0 Å². The third kappa shape index (κ3) is 5.67. The maximum absolute atomic E-state index is 12.2. The fraction of sp³-hybridized carbons (Fsp3) is 0.263. The van der Waals surface area contributed by atoms with Crippen LogP contribution in [0, 0.1) is 0 Å². The molecule has 0 heterocycles. The van der Waals surface area contributed by atoms with Crippen molar-refractivity contribution in [1.29, 1.82) is 0 Å². The molecule has 142 valence electrons. The summed E-state index contributed by atoms with van der Waals surface area (Å²) in [5, 5.41) is 8.50. The van der Waals surface area contributed by atoms with Gasteiger partial charge in [0.25, 0.3) is 5.91 Å². The van der Waals surface area contributed by atoms with Gasteiger partial charge >= 0.3 is 6.61 Å². The lowest BCUT2D eigenvalue weighted by atomic mass is 10.1. The Hall–Kier alpha value is -3.16. The molecule has 2 aromatic carbocycles. The molecule has 1 saturated carbocycles. The summed E-state index contributed by atoms with van der Waals surface area (Å²) in [6, 6.07) is 12.8. The van der Waals surface area contributed by atoms with Crippen LogP contribution in [-0.2, 0) is 4.79 Å². The van der Waals surface area contributed by atoms with E-state index < -0.39 is 6.61 Å². The third-order valence-corrected chi connectivity index (χ3v) is 3.89. The molecule has 6 nitrogen and oxygen atoms in total. The first-order valence-electron chi connectivity index (χ1n) is 8.50. The number of benzene rings is 2. The molecule has 0 radical (unpaired) electrons. The highest BCUT2D eigenvalue weighted by atomic mass is 19.3. The molecule has 1 fully saturated rings. The second kappa shape index (κ2) is 8.48. The molecule has 1 aliphatic carbocycles. The van der Waals surface area contributed by atoms with Crippen LogP contribution >= 0.6 is 0 Å². The Morgan fingerprint density at radius 2 is 1.78 bits per heavy atom. The summed E-state index contributed by atoms with van der Waals surface area (Å²) in [5.74, 6) is -0.498. The molecule has 1 aliphatic rings. The Kier molecular flexibility index (Phi) is 5.85. The largest absolute Gasteiger partial charge is 0.435 e. The molecular formula is C19H19F2N3O3. The third-order valence-electron chi connectivity index (χ3n) is 3.89. The Labute approximate surface area is 154 Å². The molecule has 27 heavy (non-hydrogen) atoms. The van der Waals surface area contributed by atoms with E-state index in [2.05, 4.69) is 20.7 Å². The van der Waals surface area contributed by atoms with Crippen molar-refractivity contribution in [3.63, 3.8) is 0 Å². The number of nitrogens with one attached hydrogen (secondary N) is 3. The zero-order valence-electron chi connectivity index (χ0n) is 14.4. The number of carbonyl (C=O) groups is 2. The predicted octanol–water partition coefficient (Wildman–Crippen LogP) is 3.23. The molecule has 0 unspecified atom stereocenters. The minimum atomic E-state index is -2.90. The number of hydrogen-bond donors (Lipinski definition) is 3. The standard InChI is InChI=1S/C19H19F2N3O3/c20-19(21)27-14-9-7-12(8-10-14)23-17(25)11-22-16-4-2-1-3-15(16)18(26)24-13-5-6-13/h1-4,7-10,13,19,22H,5-6,11H2,(H,23,25)(H,24,26). The van der Waals surface area contributed by atoms with Crippen LogP contribution in [0.3, 0.4) is 0 Å². The van der Waals surface area contributed by atoms with Crippen LogP contribution in [0.2, 0.25) is 0 Å². The Morgan fingerprint density at radius 3 is 2.44 bits per heavy atom. The lowest BCUT2D eigenvalue weighted by Crippen LogP contribution is -2.27. The van der Waals surface area contributed by atoms with E-state index in [1.165, 1.54) is 24.3 Å². The van der Waals surface area contributed by atoms with Gasteiger partial charge in [-0.1, -0.05) is 12.1 Å². The Bertz CT molecular complexity index is 808. The number of para-hydroxylation sites is 1. The first-order valence-corrected chi connectivity index (χ1v) is 8.50. The van der Waals surface area contributed by atoms with Gasteiger partial charge in [-0.3, -0.25) is 9.59 Å². The molecule has 0 atom stereocenters. The van der Waals surface area contributed by atoms with Crippen molar-refractivity contribution in [2.75, 3.05) is 17.2 Å². The van der Waals surface area contributed by atoms with Crippen molar-refractivity contribution < 1.29 is 23.1 Å². The van der Waals surface area contributed by atoms with Gasteiger partial charge in [0.1, 0.15) is 5.75 Å². The number of anilines is 2. The summed E-state index contributed by atoms with van der Waals surface area (Å²) >= 11 is 0. The van der Waals surface area contributed by atoms with Crippen molar-refractivity contribution in [2.45, 2.75) is 25.5 Å². The van der Waals surface area contributed by atoms with E-state index in [-0.39, 0.29) is 30.2 Å². The van der Waals surface area contributed by atoms with E-state index in [1.807, 2.05) is 0 Å². The summed E-state index contributed by atoms with van der Waals surface area (Å²) in [4.78, 5) is 24.3. The number of alkyl halides is 2. The molecule has 2 amide bonds. The van der Waals surface area contributed by atoms with Crippen molar-refractivity contribution in [3.8, 4) is 5.75 Å². The van der Waals surface area contributed by atoms with E-state index in [9.17, 15) is 18.4 Å². The van der Waals surface area contributed by atoms with Crippen LogP contribution in [0.15, 0.2) is 48.5 Å². The van der Waals surface area contributed by atoms with Gasteiger partial charge in [0.2, 0.25) is 5.91 Å². The minimum Gasteiger partial charge on any atom is -0.435 e. The fourth-order valence-corrected chi connectivity index (χ4v) is 2.43. The average Bonchev–Trinajstić information content (AvgIpc) is 3.45. The van der Waals surface area contributed by atoms with Crippen LogP contribution in [0.1, 0.15) is 23.2 Å². The fourth-order valence-electron chi connectivity index (χ4n) is 2.43. The van der Waals surface area contributed by atoms with Gasteiger partial charge in [-0.25, -0.2) is 0 Å². The SMILES string of the molecule is O=C(CNc1ccccc1C(=O)NC1CC1)Nc1ccc(OC(F)F)cc1.